The average Bonchev–Trinajstić information content (AvgIpc) is 2.95. The highest BCUT2D eigenvalue weighted by Gasteiger charge is 2.21. The average molecular weight is 221 g/mol. The largest absolute Gasteiger partial charge is 0.370 e. The Morgan fingerprint density at radius 2 is 2.50 bits per heavy atom. The maximum Gasteiger partial charge on any atom is 0.188 e. The Hall–Kier alpha value is -1.52. The number of rotatable bonds is 5. The zero-order chi connectivity index (χ0) is 11.4. The third-order valence-electron chi connectivity index (χ3n) is 2.59. The fraction of sp³-hybridized carbons (Fsp3) is 0.636. The molecule has 0 unspecified atom stereocenters. The lowest BCUT2D eigenvalue weighted by Crippen LogP contribution is -2.33. The zero-order valence-corrected chi connectivity index (χ0v) is 9.69. The first kappa shape index (κ1) is 11.0. The molecule has 1 saturated carbocycles. The SMILES string of the molecule is Cn1cc(CCCN=C(N)NC2CC2)cn1. The Kier molecular flexibility index (Phi) is 3.44. The number of hydrogen-bond donors (Lipinski definition) is 2. The molecule has 1 aromatic heterocycles. The lowest BCUT2D eigenvalue weighted by atomic mass is 10.2. The van der Waals surface area contributed by atoms with E-state index in [-0.39, 0.29) is 0 Å². The minimum absolute atomic E-state index is 0.585. The molecule has 0 spiro atoms. The van der Waals surface area contributed by atoms with Gasteiger partial charge in [-0.2, -0.15) is 5.10 Å². The Morgan fingerprint density at radius 3 is 3.12 bits per heavy atom. The van der Waals surface area contributed by atoms with Crippen LogP contribution in [-0.4, -0.2) is 28.3 Å². The van der Waals surface area contributed by atoms with Crippen molar-refractivity contribution < 1.29 is 0 Å². The predicted octanol–water partition coefficient (Wildman–Crippen LogP) is 0.419. The molecule has 16 heavy (non-hydrogen) atoms. The van der Waals surface area contributed by atoms with Gasteiger partial charge >= 0.3 is 0 Å². The number of aliphatic imine (C=N–C) groups is 1. The summed E-state index contributed by atoms with van der Waals surface area (Å²) in [7, 11) is 1.93. The van der Waals surface area contributed by atoms with Crippen LogP contribution in [0.1, 0.15) is 24.8 Å². The number of hydrogen-bond acceptors (Lipinski definition) is 2. The fourth-order valence-corrected chi connectivity index (χ4v) is 1.57. The molecule has 0 bridgehead atoms. The van der Waals surface area contributed by atoms with Gasteiger partial charge in [0.25, 0.3) is 0 Å². The third kappa shape index (κ3) is 3.56. The van der Waals surface area contributed by atoms with E-state index >= 15 is 0 Å². The first-order valence-corrected chi connectivity index (χ1v) is 5.78. The Labute approximate surface area is 95.7 Å². The van der Waals surface area contributed by atoms with E-state index in [0.29, 0.717) is 12.0 Å². The first-order chi connectivity index (χ1) is 7.74. The van der Waals surface area contributed by atoms with Gasteiger partial charge in [-0.25, -0.2) is 0 Å². The van der Waals surface area contributed by atoms with Gasteiger partial charge in [0.15, 0.2) is 5.96 Å². The van der Waals surface area contributed by atoms with Crippen LogP contribution in [0, 0.1) is 0 Å². The summed E-state index contributed by atoms with van der Waals surface area (Å²) < 4.78 is 1.82. The maximum atomic E-state index is 5.72. The summed E-state index contributed by atoms with van der Waals surface area (Å²) in [5.74, 6) is 0.591. The topological polar surface area (TPSA) is 68.2 Å². The van der Waals surface area contributed by atoms with Gasteiger partial charge in [-0.05, 0) is 31.2 Å². The van der Waals surface area contributed by atoms with E-state index in [1.54, 1.807) is 0 Å². The molecular formula is C11H19N5. The molecule has 2 rings (SSSR count). The van der Waals surface area contributed by atoms with Crippen LogP contribution in [0.4, 0.5) is 0 Å². The van der Waals surface area contributed by atoms with Gasteiger partial charge in [-0.15, -0.1) is 0 Å². The summed E-state index contributed by atoms with van der Waals surface area (Å²) in [6.45, 7) is 0.778. The molecule has 0 aromatic carbocycles. The standard InChI is InChI=1S/C11H19N5/c1-16-8-9(7-14-16)3-2-6-13-11(12)15-10-4-5-10/h7-8,10H,2-6H2,1H3,(H3,12,13,15). The van der Waals surface area contributed by atoms with E-state index in [1.807, 2.05) is 24.1 Å². The van der Waals surface area contributed by atoms with Crippen LogP contribution in [-0.2, 0) is 13.5 Å². The smallest absolute Gasteiger partial charge is 0.188 e. The molecule has 88 valence electrons. The van der Waals surface area contributed by atoms with Gasteiger partial charge in [-0.3, -0.25) is 9.67 Å². The van der Waals surface area contributed by atoms with Crippen molar-refractivity contribution in [2.24, 2.45) is 17.8 Å². The van der Waals surface area contributed by atoms with Crippen LogP contribution in [0.25, 0.3) is 0 Å². The van der Waals surface area contributed by atoms with Crippen LogP contribution in [0.2, 0.25) is 0 Å². The van der Waals surface area contributed by atoms with Gasteiger partial charge < -0.3 is 11.1 Å². The quantitative estimate of drug-likeness (QED) is 0.430. The van der Waals surface area contributed by atoms with Crippen molar-refractivity contribution in [1.82, 2.24) is 15.1 Å². The molecule has 1 fully saturated rings. The summed E-state index contributed by atoms with van der Waals surface area (Å²) in [6, 6.07) is 0.585. The Balaban J connectivity index is 1.63. The second-order valence-corrected chi connectivity index (χ2v) is 4.31. The highest BCUT2D eigenvalue weighted by molar-refractivity contribution is 5.78. The number of nitrogens with one attached hydrogen (secondary N) is 1. The fourth-order valence-electron chi connectivity index (χ4n) is 1.57. The summed E-state index contributed by atoms with van der Waals surface area (Å²) in [5, 5.41) is 7.29. The Bertz CT molecular complexity index is 364. The molecule has 5 heteroatoms. The second-order valence-electron chi connectivity index (χ2n) is 4.31. The molecule has 1 heterocycles. The van der Waals surface area contributed by atoms with Crippen molar-refractivity contribution in [3.05, 3.63) is 18.0 Å². The molecule has 3 N–H and O–H groups in total. The van der Waals surface area contributed by atoms with E-state index in [4.69, 9.17) is 5.73 Å². The van der Waals surface area contributed by atoms with E-state index in [2.05, 4.69) is 15.4 Å². The van der Waals surface area contributed by atoms with Gasteiger partial charge in [0.1, 0.15) is 0 Å². The van der Waals surface area contributed by atoms with Gasteiger partial charge in [0, 0.05) is 25.8 Å². The molecule has 0 aliphatic heterocycles. The minimum Gasteiger partial charge on any atom is -0.370 e. The molecule has 0 saturated heterocycles. The minimum atomic E-state index is 0.585. The molecule has 0 atom stereocenters. The van der Waals surface area contributed by atoms with Crippen molar-refractivity contribution >= 4 is 5.96 Å². The van der Waals surface area contributed by atoms with Crippen molar-refractivity contribution in [3.8, 4) is 0 Å². The lowest BCUT2D eigenvalue weighted by molar-refractivity contribution is 0.765. The number of nitrogens with two attached hydrogens (primary N) is 1. The van der Waals surface area contributed by atoms with Gasteiger partial charge in [0.05, 0.1) is 6.20 Å². The molecule has 0 amide bonds. The van der Waals surface area contributed by atoms with Crippen LogP contribution in [0.15, 0.2) is 17.4 Å². The highest BCUT2D eigenvalue weighted by Crippen LogP contribution is 2.17. The van der Waals surface area contributed by atoms with E-state index in [0.717, 1.165) is 19.4 Å². The predicted molar refractivity (Wildman–Crippen MR) is 64.2 cm³/mol. The van der Waals surface area contributed by atoms with Crippen molar-refractivity contribution in [2.75, 3.05) is 6.54 Å². The van der Waals surface area contributed by atoms with Gasteiger partial charge in [0.2, 0.25) is 0 Å². The molecule has 0 radical (unpaired) electrons. The number of aryl methyl sites for hydroxylation is 2. The van der Waals surface area contributed by atoms with E-state index in [1.165, 1.54) is 18.4 Å². The van der Waals surface area contributed by atoms with Crippen LogP contribution in [0.5, 0.6) is 0 Å². The Morgan fingerprint density at radius 1 is 1.69 bits per heavy atom. The highest BCUT2D eigenvalue weighted by atomic mass is 15.2. The van der Waals surface area contributed by atoms with Crippen LogP contribution >= 0.6 is 0 Å². The van der Waals surface area contributed by atoms with Crippen molar-refractivity contribution in [2.45, 2.75) is 31.7 Å². The molecular weight excluding hydrogens is 202 g/mol. The number of nitrogens with zero attached hydrogens (tertiary/aromatic N) is 3. The summed E-state index contributed by atoms with van der Waals surface area (Å²) in [4.78, 5) is 4.28. The normalized spacial score (nSPS) is 16.4. The number of guanidine groups is 1. The molecule has 1 aliphatic rings. The monoisotopic (exact) mass is 221 g/mol. The summed E-state index contributed by atoms with van der Waals surface area (Å²) in [5.41, 5.74) is 6.98. The third-order valence-corrected chi connectivity index (χ3v) is 2.59. The summed E-state index contributed by atoms with van der Waals surface area (Å²) >= 11 is 0. The van der Waals surface area contributed by atoms with Crippen LogP contribution < -0.4 is 11.1 Å². The second kappa shape index (κ2) is 5.01. The zero-order valence-electron chi connectivity index (χ0n) is 9.69. The van der Waals surface area contributed by atoms with Gasteiger partial charge in [-0.1, -0.05) is 0 Å². The van der Waals surface area contributed by atoms with E-state index < -0.39 is 0 Å². The summed E-state index contributed by atoms with van der Waals surface area (Å²) in [6.07, 6.45) is 8.41. The van der Waals surface area contributed by atoms with Crippen LogP contribution in [0.3, 0.4) is 0 Å². The molecule has 1 aliphatic carbocycles. The molecule has 5 nitrogen and oxygen atoms in total. The van der Waals surface area contributed by atoms with Crippen molar-refractivity contribution in [1.29, 1.82) is 0 Å². The first-order valence-electron chi connectivity index (χ1n) is 5.78. The number of aromatic nitrogens is 2. The van der Waals surface area contributed by atoms with E-state index in [9.17, 15) is 0 Å². The molecule has 1 aromatic rings. The van der Waals surface area contributed by atoms with Crippen molar-refractivity contribution in [3.63, 3.8) is 0 Å². The lowest BCUT2D eigenvalue weighted by Gasteiger charge is -2.02. The maximum absolute atomic E-state index is 5.72.